The van der Waals surface area contributed by atoms with Gasteiger partial charge in [-0.2, -0.15) is 5.10 Å². The second-order valence-corrected chi connectivity index (χ2v) is 5.47. The first-order valence-corrected chi connectivity index (χ1v) is 6.26. The summed E-state index contributed by atoms with van der Waals surface area (Å²) in [5.74, 6) is 0. The lowest BCUT2D eigenvalue weighted by Gasteiger charge is -2.11. The predicted octanol–water partition coefficient (Wildman–Crippen LogP) is -0.608. The van der Waals surface area contributed by atoms with E-state index < -0.39 is 10.0 Å². The lowest BCUT2D eigenvalue weighted by molar-refractivity contribution is 0.407. The molecule has 0 spiro atoms. The van der Waals surface area contributed by atoms with Crippen LogP contribution in [0.2, 0.25) is 0 Å². The van der Waals surface area contributed by atoms with Crippen LogP contribution in [0.25, 0.3) is 0 Å². The molecule has 2 rings (SSSR count). The highest BCUT2D eigenvalue weighted by molar-refractivity contribution is 7.89. The van der Waals surface area contributed by atoms with Crippen LogP contribution in [0.15, 0.2) is 17.3 Å². The Hall–Kier alpha value is -0.920. The van der Waals surface area contributed by atoms with Gasteiger partial charge in [-0.3, -0.25) is 5.10 Å². The molecule has 0 amide bonds. The summed E-state index contributed by atoms with van der Waals surface area (Å²) in [7, 11) is -1.44. The van der Waals surface area contributed by atoms with Gasteiger partial charge in [0.1, 0.15) is 0 Å². The fourth-order valence-electron chi connectivity index (χ4n) is 1.71. The van der Waals surface area contributed by atoms with Gasteiger partial charge in [-0.1, -0.05) is 0 Å². The average Bonchev–Trinajstić information content (AvgIpc) is 2.75. The van der Waals surface area contributed by atoms with Crippen molar-refractivity contribution >= 4 is 10.0 Å². The number of hydrogen-bond donors (Lipinski definition) is 2. The SMILES string of the molecule is CN1CCC(NS(=O)(=O)c2ccn[nH]2)C1. The lowest BCUT2D eigenvalue weighted by Crippen LogP contribution is -2.36. The molecule has 7 heteroatoms. The van der Waals surface area contributed by atoms with Crippen LogP contribution in [0.1, 0.15) is 6.42 Å². The molecule has 1 saturated heterocycles. The predicted molar refractivity (Wildman–Crippen MR) is 54.8 cm³/mol. The molecule has 2 heterocycles. The van der Waals surface area contributed by atoms with E-state index in [1.807, 2.05) is 7.05 Å². The van der Waals surface area contributed by atoms with E-state index in [4.69, 9.17) is 0 Å². The molecule has 1 atom stereocenters. The Morgan fingerprint density at radius 1 is 1.67 bits per heavy atom. The minimum atomic E-state index is -3.42. The van der Waals surface area contributed by atoms with Gasteiger partial charge < -0.3 is 4.90 Å². The minimum absolute atomic E-state index is 0.00306. The van der Waals surface area contributed by atoms with Crippen molar-refractivity contribution in [2.24, 2.45) is 0 Å². The molecule has 1 aromatic rings. The number of aromatic nitrogens is 2. The lowest BCUT2D eigenvalue weighted by atomic mass is 10.3. The van der Waals surface area contributed by atoms with Crippen molar-refractivity contribution in [3.05, 3.63) is 12.3 Å². The number of sulfonamides is 1. The van der Waals surface area contributed by atoms with Crippen LogP contribution in [0, 0.1) is 0 Å². The number of nitrogens with zero attached hydrogens (tertiary/aromatic N) is 2. The molecule has 0 saturated carbocycles. The number of likely N-dealkylation sites (tertiary alicyclic amines) is 1. The summed E-state index contributed by atoms with van der Waals surface area (Å²) in [5, 5.41) is 6.19. The van der Waals surface area contributed by atoms with Crippen LogP contribution in [0.4, 0.5) is 0 Å². The summed E-state index contributed by atoms with van der Waals surface area (Å²) in [6.07, 6.45) is 2.28. The zero-order chi connectivity index (χ0) is 10.9. The Morgan fingerprint density at radius 3 is 3.00 bits per heavy atom. The van der Waals surface area contributed by atoms with Gasteiger partial charge in [0.2, 0.25) is 0 Å². The highest BCUT2D eigenvalue weighted by atomic mass is 32.2. The maximum atomic E-state index is 11.8. The van der Waals surface area contributed by atoms with Crippen molar-refractivity contribution in [1.82, 2.24) is 19.8 Å². The highest BCUT2D eigenvalue weighted by Gasteiger charge is 2.25. The molecule has 0 bridgehead atoms. The first kappa shape index (κ1) is 10.6. The second kappa shape index (κ2) is 3.92. The van der Waals surface area contributed by atoms with Crippen LogP contribution in [0.5, 0.6) is 0 Å². The summed E-state index contributed by atoms with van der Waals surface area (Å²) >= 11 is 0. The van der Waals surface area contributed by atoms with Crippen molar-refractivity contribution in [1.29, 1.82) is 0 Å². The number of aromatic amines is 1. The minimum Gasteiger partial charge on any atom is -0.305 e. The zero-order valence-corrected chi connectivity index (χ0v) is 9.29. The summed E-state index contributed by atoms with van der Waals surface area (Å²) in [6, 6.07) is 1.45. The van der Waals surface area contributed by atoms with Crippen molar-refractivity contribution in [2.45, 2.75) is 17.5 Å². The molecule has 0 radical (unpaired) electrons. The molecule has 6 nitrogen and oxygen atoms in total. The maximum Gasteiger partial charge on any atom is 0.257 e. The number of hydrogen-bond acceptors (Lipinski definition) is 4. The molecule has 2 N–H and O–H groups in total. The largest absolute Gasteiger partial charge is 0.305 e. The quantitative estimate of drug-likeness (QED) is 0.726. The molecule has 84 valence electrons. The molecule has 1 aliphatic rings. The first-order chi connectivity index (χ1) is 7.08. The van der Waals surface area contributed by atoms with E-state index in [2.05, 4.69) is 19.8 Å². The number of likely N-dealkylation sites (N-methyl/N-ethyl adjacent to an activating group) is 1. The molecule has 0 aliphatic carbocycles. The van der Waals surface area contributed by atoms with Gasteiger partial charge in [-0.05, 0) is 26.1 Å². The molecule has 1 unspecified atom stereocenters. The third kappa shape index (κ3) is 2.36. The second-order valence-electron chi connectivity index (χ2n) is 3.79. The zero-order valence-electron chi connectivity index (χ0n) is 8.47. The molecule has 1 aliphatic heterocycles. The fraction of sp³-hybridized carbons (Fsp3) is 0.625. The Balaban J connectivity index is 2.06. The third-order valence-electron chi connectivity index (χ3n) is 2.48. The summed E-state index contributed by atoms with van der Waals surface area (Å²) < 4.78 is 26.2. The monoisotopic (exact) mass is 230 g/mol. The van der Waals surface area contributed by atoms with Gasteiger partial charge in [0, 0.05) is 12.6 Å². The van der Waals surface area contributed by atoms with E-state index in [1.54, 1.807) is 0 Å². The number of nitrogens with one attached hydrogen (secondary N) is 2. The smallest absolute Gasteiger partial charge is 0.257 e. The summed E-state index contributed by atoms with van der Waals surface area (Å²) in [4.78, 5) is 2.10. The Kier molecular flexibility index (Phi) is 2.76. The molecular formula is C8H14N4O2S. The van der Waals surface area contributed by atoms with Crippen LogP contribution in [-0.4, -0.2) is 49.7 Å². The van der Waals surface area contributed by atoms with Gasteiger partial charge in [-0.15, -0.1) is 0 Å². The highest BCUT2D eigenvalue weighted by Crippen LogP contribution is 2.10. The fourth-order valence-corrected chi connectivity index (χ4v) is 2.88. The van der Waals surface area contributed by atoms with E-state index in [9.17, 15) is 8.42 Å². The van der Waals surface area contributed by atoms with Crippen LogP contribution < -0.4 is 4.72 Å². The number of H-pyrrole nitrogens is 1. The standard InChI is InChI=1S/C8H14N4O2S/c1-12-5-3-7(6-12)11-15(13,14)8-2-4-9-10-8/h2,4,7,11H,3,5-6H2,1H3,(H,9,10). The first-order valence-electron chi connectivity index (χ1n) is 4.78. The normalized spacial score (nSPS) is 23.4. The van der Waals surface area contributed by atoms with Crippen molar-refractivity contribution in [3.8, 4) is 0 Å². The van der Waals surface area contributed by atoms with E-state index >= 15 is 0 Å². The van der Waals surface area contributed by atoms with Crippen LogP contribution >= 0.6 is 0 Å². The Bertz CT molecular complexity index is 414. The van der Waals surface area contributed by atoms with Crippen molar-refractivity contribution in [3.63, 3.8) is 0 Å². The van der Waals surface area contributed by atoms with Crippen LogP contribution in [-0.2, 0) is 10.0 Å². The number of rotatable bonds is 3. The molecule has 15 heavy (non-hydrogen) atoms. The molecule has 1 fully saturated rings. The topological polar surface area (TPSA) is 78.1 Å². The molecule has 1 aromatic heterocycles. The third-order valence-corrected chi connectivity index (χ3v) is 3.93. The van der Waals surface area contributed by atoms with Crippen molar-refractivity contribution in [2.75, 3.05) is 20.1 Å². The van der Waals surface area contributed by atoms with Gasteiger partial charge >= 0.3 is 0 Å². The maximum absolute atomic E-state index is 11.8. The van der Waals surface area contributed by atoms with Gasteiger partial charge in [0.15, 0.2) is 5.03 Å². The Labute approximate surface area is 88.7 Å². The van der Waals surface area contributed by atoms with Gasteiger partial charge in [0.05, 0.1) is 6.20 Å². The molecule has 0 aromatic carbocycles. The van der Waals surface area contributed by atoms with Crippen molar-refractivity contribution < 1.29 is 8.42 Å². The van der Waals surface area contributed by atoms with E-state index in [0.29, 0.717) is 0 Å². The van der Waals surface area contributed by atoms with E-state index in [-0.39, 0.29) is 11.1 Å². The van der Waals surface area contributed by atoms with Gasteiger partial charge in [0.25, 0.3) is 10.0 Å². The van der Waals surface area contributed by atoms with Crippen LogP contribution in [0.3, 0.4) is 0 Å². The van der Waals surface area contributed by atoms with E-state index in [1.165, 1.54) is 12.3 Å². The summed E-state index contributed by atoms with van der Waals surface area (Å²) in [6.45, 7) is 1.68. The van der Waals surface area contributed by atoms with Gasteiger partial charge in [-0.25, -0.2) is 13.1 Å². The van der Waals surface area contributed by atoms with E-state index in [0.717, 1.165) is 19.5 Å². The summed E-state index contributed by atoms with van der Waals surface area (Å²) in [5.41, 5.74) is 0. The average molecular weight is 230 g/mol. The molecular weight excluding hydrogens is 216 g/mol. The Morgan fingerprint density at radius 2 is 2.47 bits per heavy atom.